The molecule has 1 aliphatic rings. The number of aliphatic carboxylic acids is 1. The Morgan fingerprint density at radius 3 is 2.85 bits per heavy atom. The average molecular weight is 280 g/mol. The Bertz CT molecular complexity index is 454. The van der Waals surface area contributed by atoms with Gasteiger partial charge >= 0.3 is 12.0 Å². The number of nitrogens with one attached hydrogen (secondary N) is 1. The lowest BCUT2D eigenvalue weighted by Gasteiger charge is -2.41. The van der Waals surface area contributed by atoms with Gasteiger partial charge in [0, 0.05) is 44.5 Å². The molecule has 0 saturated carbocycles. The third kappa shape index (κ3) is 3.49. The van der Waals surface area contributed by atoms with Gasteiger partial charge in [0.2, 0.25) is 0 Å². The van der Waals surface area contributed by atoms with Gasteiger partial charge in [-0.25, -0.2) is 9.78 Å². The van der Waals surface area contributed by atoms with Crippen molar-refractivity contribution in [2.24, 2.45) is 11.8 Å². The third-order valence-electron chi connectivity index (χ3n) is 3.72. The first-order valence-corrected chi connectivity index (χ1v) is 6.79. The van der Waals surface area contributed by atoms with E-state index >= 15 is 0 Å². The van der Waals surface area contributed by atoms with Crippen LogP contribution in [-0.4, -0.2) is 51.2 Å². The van der Waals surface area contributed by atoms with Gasteiger partial charge in [0.05, 0.1) is 12.2 Å². The van der Waals surface area contributed by atoms with Crippen LogP contribution in [0.5, 0.6) is 0 Å². The zero-order valence-corrected chi connectivity index (χ0v) is 11.5. The minimum absolute atomic E-state index is 0.0733. The molecule has 2 amide bonds. The van der Waals surface area contributed by atoms with Crippen molar-refractivity contribution in [1.82, 2.24) is 19.8 Å². The molecule has 1 aromatic heterocycles. The molecule has 7 nitrogen and oxygen atoms in total. The van der Waals surface area contributed by atoms with Gasteiger partial charge in [-0.1, -0.05) is 6.92 Å². The summed E-state index contributed by atoms with van der Waals surface area (Å²) in [7, 11) is 0. The van der Waals surface area contributed by atoms with Gasteiger partial charge in [-0.3, -0.25) is 4.79 Å². The lowest BCUT2D eigenvalue weighted by molar-refractivity contribution is -0.144. The number of rotatable bonds is 6. The van der Waals surface area contributed by atoms with E-state index in [1.807, 2.05) is 10.8 Å². The van der Waals surface area contributed by atoms with Crippen molar-refractivity contribution < 1.29 is 14.7 Å². The van der Waals surface area contributed by atoms with Crippen molar-refractivity contribution in [1.29, 1.82) is 0 Å². The topological polar surface area (TPSA) is 87.5 Å². The molecule has 1 aliphatic heterocycles. The van der Waals surface area contributed by atoms with Crippen molar-refractivity contribution >= 4 is 12.0 Å². The van der Waals surface area contributed by atoms with Gasteiger partial charge in [0.15, 0.2) is 0 Å². The minimum Gasteiger partial charge on any atom is -0.481 e. The summed E-state index contributed by atoms with van der Waals surface area (Å²) in [4.78, 5) is 28.2. The summed E-state index contributed by atoms with van der Waals surface area (Å²) in [6, 6.07) is -0.107. The molecule has 110 valence electrons. The Morgan fingerprint density at radius 1 is 1.50 bits per heavy atom. The monoisotopic (exact) mass is 280 g/mol. The molecule has 20 heavy (non-hydrogen) atoms. The molecular formula is C13H20N4O3. The van der Waals surface area contributed by atoms with Crippen LogP contribution in [0.1, 0.15) is 13.3 Å². The van der Waals surface area contributed by atoms with Crippen LogP contribution in [0.15, 0.2) is 18.7 Å². The Labute approximate surface area is 117 Å². The predicted octanol–water partition coefficient (Wildman–Crippen LogP) is 0.635. The maximum absolute atomic E-state index is 11.8. The first kappa shape index (κ1) is 14.4. The average Bonchev–Trinajstić information content (AvgIpc) is 2.85. The molecule has 1 fully saturated rings. The molecule has 0 bridgehead atoms. The van der Waals surface area contributed by atoms with Crippen molar-refractivity contribution in [2.75, 3.05) is 19.6 Å². The molecule has 1 atom stereocenters. The van der Waals surface area contributed by atoms with Crippen molar-refractivity contribution in [3.63, 3.8) is 0 Å². The number of carboxylic acids is 1. The standard InChI is InChI=1S/C13H20N4O3/c1-10(12(18)19)11-7-17(8-11)13(20)15-3-2-5-16-6-4-14-9-16/h4,6,9-11H,2-3,5,7-8H2,1H3,(H,15,20)(H,18,19). The summed E-state index contributed by atoms with van der Waals surface area (Å²) in [6.07, 6.45) is 6.19. The summed E-state index contributed by atoms with van der Waals surface area (Å²) in [5, 5.41) is 11.7. The van der Waals surface area contributed by atoms with E-state index in [1.54, 1.807) is 24.3 Å². The first-order valence-electron chi connectivity index (χ1n) is 6.79. The van der Waals surface area contributed by atoms with Crippen LogP contribution < -0.4 is 5.32 Å². The second-order valence-corrected chi connectivity index (χ2v) is 5.18. The fourth-order valence-corrected chi connectivity index (χ4v) is 2.18. The van der Waals surface area contributed by atoms with E-state index in [-0.39, 0.29) is 17.9 Å². The molecule has 7 heteroatoms. The molecule has 1 saturated heterocycles. The molecule has 2 rings (SSSR count). The smallest absolute Gasteiger partial charge is 0.317 e. The number of aryl methyl sites for hydroxylation is 1. The minimum atomic E-state index is -0.796. The number of nitrogens with zero attached hydrogens (tertiary/aromatic N) is 3. The van der Waals surface area contributed by atoms with E-state index in [0.717, 1.165) is 13.0 Å². The fraction of sp³-hybridized carbons (Fsp3) is 0.615. The Balaban J connectivity index is 1.59. The summed E-state index contributed by atoms with van der Waals surface area (Å²) in [5.74, 6) is -1.11. The van der Waals surface area contributed by atoms with E-state index in [4.69, 9.17) is 5.11 Å². The second-order valence-electron chi connectivity index (χ2n) is 5.18. The predicted molar refractivity (Wildman–Crippen MR) is 72.1 cm³/mol. The van der Waals surface area contributed by atoms with Crippen LogP contribution in [0.25, 0.3) is 0 Å². The van der Waals surface area contributed by atoms with Crippen LogP contribution in [-0.2, 0) is 11.3 Å². The van der Waals surface area contributed by atoms with Crippen molar-refractivity contribution in [2.45, 2.75) is 19.9 Å². The maximum atomic E-state index is 11.8. The molecule has 2 N–H and O–H groups in total. The SMILES string of the molecule is CC(C(=O)O)C1CN(C(=O)NCCCn2ccnc2)C1. The van der Waals surface area contributed by atoms with Gasteiger partial charge in [-0.05, 0) is 6.42 Å². The Morgan fingerprint density at radius 2 is 2.25 bits per heavy atom. The number of hydrogen-bond acceptors (Lipinski definition) is 3. The highest BCUT2D eigenvalue weighted by atomic mass is 16.4. The number of carbonyl (C=O) groups excluding carboxylic acids is 1. The van der Waals surface area contributed by atoms with Crippen molar-refractivity contribution in [3.05, 3.63) is 18.7 Å². The van der Waals surface area contributed by atoms with Crippen LogP contribution in [0.2, 0.25) is 0 Å². The van der Waals surface area contributed by atoms with Gasteiger partial charge in [0.25, 0.3) is 0 Å². The molecule has 1 aromatic rings. The summed E-state index contributed by atoms with van der Waals surface area (Å²) in [5.41, 5.74) is 0. The van der Waals surface area contributed by atoms with Gasteiger partial charge < -0.3 is 19.9 Å². The van der Waals surface area contributed by atoms with Crippen LogP contribution >= 0.6 is 0 Å². The van der Waals surface area contributed by atoms with Gasteiger partial charge in [0.1, 0.15) is 0 Å². The lowest BCUT2D eigenvalue weighted by atomic mass is 9.87. The first-order chi connectivity index (χ1) is 9.58. The van der Waals surface area contributed by atoms with E-state index in [0.29, 0.717) is 19.6 Å². The number of imidazole rings is 1. The summed E-state index contributed by atoms with van der Waals surface area (Å²) in [6.45, 7) is 4.17. The number of aromatic nitrogens is 2. The van der Waals surface area contributed by atoms with Crippen molar-refractivity contribution in [3.8, 4) is 0 Å². The number of amides is 2. The van der Waals surface area contributed by atoms with E-state index in [9.17, 15) is 9.59 Å². The third-order valence-corrected chi connectivity index (χ3v) is 3.72. The molecular weight excluding hydrogens is 260 g/mol. The zero-order valence-electron chi connectivity index (χ0n) is 11.5. The van der Waals surface area contributed by atoms with Crippen LogP contribution in [0.3, 0.4) is 0 Å². The number of urea groups is 1. The number of carboxylic acid groups (broad SMARTS) is 1. The zero-order chi connectivity index (χ0) is 14.5. The molecule has 0 spiro atoms. The lowest BCUT2D eigenvalue weighted by Crippen LogP contribution is -2.56. The summed E-state index contributed by atoms with van der Waals surface area (Å²) < 4.78 is 1.96. The van der Waals surface area contributed by atoms with Gasteiger partial charge in [-0.15, -0.1) is 0 Å². The molecule has 0 aliphatic carbocycles. The number of hydrogen-bond donors (Lipinski definition) is 2. The largest absolute Gasteiger partial charge is 0.481 e. The molecule has 0 aromatic carbocycles. The summed E-state index contributed by atoms with van der Waals surface area (Å²) >= 11 is 0. The molecule has 2 heterocycles. The normalized spacial score (nSPS) is 16.6. The number of likely N-dealkylation sites (tertiary alicyclic amines) is 1. The number of carbonyl (C=O) groups is 2. The Hall–Kier alpha value is -2.05. The highest BCUT2D eigenvalue weighted by Gasteiger charge is 2.36. The fourth-order valence-electron chi connectivity index (χ4n) is 2.18. The van der Waals surface area contributed by atoms with E-state index in [1.165, 1.54) is 0 Å². The quantitative estimate of drug-likeness (QED) is 0.748. The van der Waals surface area contributed by atoms with Crippen LogP contribution in [0.4, 0.5) is 4.79 Å². The maximum Gasteiger partial charge on any atom is 0.317 e. The van der Waals surface area contributed by atoms with Gasteiger partial charge in [-0.2, -0.15) is 0 Å². The highest BCUT2D eigenvalue weighted by molar-refractivity contribution is 5.76. The molecule has 1 unspecified atom stereocenters. The molecule has 0 radical (unpaired) electrons. The van der Waals surface area contributed by atoms with E-state index in [2.05, 4.69) is 10.3 Å². The van der Waals surface area contributed by atoms with Crippen LogP contribution in [0, 0.1) is 11.8 Å². The highest BCUT2D eigenvalue weighted by Crippen LogP contribution is 2.23. The Kier molecular flexibility index (Phi) is 4.60. The second kappa shape index (κ2) is 6.40. The van der Waals surface area contributed by atoms with E-state index < -0.39 is 5.97 Å².